The van der Waals surface area contributed by atoms with Crippen LogP contribution in [0.3, 0.4) is 0 Å². The lowest BCUT2D eigenvalue weighted by atomic mass is 10.0. The molecule has 0 aliphatic carbocycles. The average Bonchev–Trinajstić information content (AvgIpc) is 3.35. The number of aromatic nitrogens is 2. The van der Waals surface area contributed by atoms with Crippen LogP contribution in [0.4, 0.5) is 13.2 Å². The van der Waals surface area contributed by atoms with E-state index >= 15 is 0 Å². The van der Waals surface area contributed by atoms with E-state index < -0.39 is 17.8 Å². The number of amides is 2. The smallest absolute Gasteiger partial charge is 0.347 e. The van der Waals surface area contributed by atoms with Crippen molar-refractivity contribution in [2.24, 2.45) is 0 Å². The predicted octanol–water partition coefficient (Wildman–Crippen LogP) is 3.62. The molecule has 0 bridgehead atoms. The van der Waals surface area contributed by atoms with Crippen molar-refractivity contribution in [3.63, 3.8) is 0 Å². The maximum absolute atomic E-state index is 13.2. The second kappa shape index (κ2) is 9.49. The highest BCUT2D eigenvalue weighted by Gasteiger charge is 2.32. The molecule has 1 saturated heterocycles. The number of halogens is 3. The average molecular weight is 438 g/mol. The lowest BCUT2D eigenvalue weighted by molar-refractivity contribution is -0.137. The highest BCUT2D eigenvalue weighted by Crippen LogP contribution is 2.31. The molecule has 7 nitrogen and oxygen atoms in total. The van der Waals surface area contributed by atoms with Crippen molar-refractivity contribution in [3.05, 3.63) is 47.1 Å². The van der Waals surface area contributed by atoms with E-state index in [1.54, 1.807) is 4.90 Å². The van der Waals surface area contributed by atoms with Gasteiger partial charge in [-0.1, -0.05) is 31.1 Å². The van der Waals surface area contributed by atoms with E-state index in [1.165, 1.54) is 12.1 Å². The van der Waals surface area contributed by atoms with E-state index in [2.05, 4.69) is 15.5 Å². The number of hydrogen-bond acceptors (Lipinski definition) is 5. The summed E-state index contributed by atoms with van der Waals surface area (Å²) in [5, 5.41) is 6.61. The lowest BCUT2D eigenvalue weighted by Gasteiger charge is -2.25. The van der Waals surface area contributed by atoms with Crippen molar-refractivity contribution in [3.8, 4) is 0 Å². The number of nitrogens with zero attached hydrogens (tertiary/aromatic N) is 3. The molecular weight excluding hydrogens is 413 g/mol. The van der Waals surface area contributed by atoms with Gasteiger partial charge in [-0.05, 0) is 24.1 Å². The zero-order valence-corrected chi connectivity index (χ0v) is 17.4. The zero-order chi connectivity index (χ0) is 22.6. The molecule has 0 radical (unpaired) electrons. The molecule has 0 saturated carbocycles. The maximum atomic E-state index is 13.2. The minimum atomic E-state index is -4.50. The summed E-state index contributed by atoms with van der Waals surface area (Å²) in [5.74, 6) is 0.514. The molecule has 1 aliphatic heterocycles. The minimum Gasteiger partial charge on any atom is -0.347 e. The third-order valence-electron chi connectivity index (χ3n) is 5.09. The van der Waals surface area contributed by atoms with Crippen molar-refractivity contribution in [1.29, 1.82) is 0 Å². The molecule has 168 valence electrons. The van der Waals surface area contributed by atoms with Crippen molar-refractivity contribution in [1.82, 2.24) is 20.4 Å². The molecule has 1 atom stereocenters. The fraction of sp³-hybridized carbons (Fsp3) is 0.524. The van der Waals surface area contributed by atoms with E-state index in [-0.39, 0.29) is 37.1 Å². The largest absolute Gasteiger partial charge is 0.416 e. The Bertz CT molecular complexity index is 927. The van der Waals surface area contributed by atoms with E-state index in [0.29, 0.717) is 36.7 Å². The molecule has 3 rings (SSSR count). The standard InChI is InChI=1S/C21H25F3N4O3/c1-13(2)20-26-18(31-27-20)9-8-17(29)25-16(12-28-10-4-7-19(28)30)14-5-3-6-15(11-14)21(22,23)24/h3,5-6,11,13,16H,4,7-10,12H2,1-2H3,(H,25,29)/t16-/m0/s1. The van der Waals surface area contributed by atoms with Crippen molar-refractivity contribution in [2.75, 3.05) is 13.1 Å². The Labute approximate surface area is 178 Å². The number of carbonyl (C=O) groups is 2. The maximum Gasteiger partial charge on any atom is 0.416 e. The van der Waals surface area contributed by atoms with E-state index in [0.717, 1.165) is 12.1 Å². The third kappa shape index (κ3) is 6.05. The highest BCUT2D eigenvalue weighted by atomic mass is 19.4. The first-order valence-corrected chi connectivity index (χ1v) is 10.2. The molecule has 1 fully saturated rings. The second-order valence-corrected chi connectivity index (χ2v) is 7.89. The zero-order valence-electron chi connectivity index (χ0n) is 17.4. The van der Waals surface area contributed by atoms with Gasteiger partial charge in [0.1, 0.15) is 0 Å². The predicted molar refractivity (Wildman–Crippen MR) is 105 cm³/mol. The molecule has 31 heavy (non-hydrogen) atoms. The fourth-order valence-electron chi connectivity index (χ4n) is 3.37. The second-order valence-electron chi connectivity index (χ2n) is 7.89. The van der Waals surface area contributed by atoms with Crippen molar-refractivity contribution in [2.45, 2.75) is 57.7 Å². The van der Waals surface area contributed by atoms with Gasteiger partial charge in [-0.2, -0.15) is 18.2 Å². The molecule has 2 aromatic rings. The summed E-state index contributed by atoms with van der Waals surface area (Å²) in [6.07, 6.45) is -3.16. The quantitative estimate of drug-likeness (QED) is 0.680. The van der Waals surface area contributed by atoms with Gasteiger partial charge in [0.15, 0.2) is 5.82 Å². The first-order chi connectivity index (χ1) is 14.6. The highest BCUT2D eigenvalue weighted by molar-refractivity contribution is 5.79. The molecule has 1 aromatic heterocycles. The molecule has 0 spiro atoms. The number of nitrogens with one attached hydrogen (secondary N) is 1. The summed E-state index contributed by atoms with van der Waals surface area (Å²) in [7, 11) is 0. The molecule has 0 unspecified atom stereocenters. The van der Waals surface area contributed by atoms with Gasteiger partial charge < -0.3 is 14.7 Å². The fourth-order valence-corrected chi connectivity index (χ4v) is 3.37. The molecule has 1 aromatic carbocycles. The molecule has 2 heterocycles. The van der Waals surface area contributed by atoms with E-state index in [1.807, 2.05) is 13.8 Å². The Morgan fingerprint density at radius 3 is 2.71 bits per heavy atom. The van der Waals surface area contributed by atoms with Crippen LogP contribution in [0.25, 0.3) is 0 Å². The molecule has 1 N–H and O–H groups in total. The van der Waals surface area contributed by atoms with E-state index in [9.17, 15) is 22.8 Å². The normalized spacial score (nSPS) is 15.5. The van der Waals surface area contributed by atoms with Gasteiger partial charge in [0.2, 0.25) is 17.7 Å². The van der Waals surface area contributed by atoms with Gasteiger partial charge >= 0.3 is 6.18 Å². The molecule has 1 aliphatic rings. The van der Waals surface area contributed by atoms with Crippen molar-refractivity contribution < 1.29 is 27.3 Å². The van der Waals surface area contributed by atoms with Crippen LogP contribution < -0.4 is 5.32 Å². The number of aryl methyl sites for hydroxylation is 1. The Hall–Kier alpha value is -2.91. The Balaban J connectivity index is 1.71. The van der Waals surface area contributed by atoms with Crippen LogP contribution in [0.1, 0.15) is 67.9 Å². The summed E-state index contributed by atoms with van der Waals surface area (Å²) in [4.78, 5) is 30.4. The van der Waals surface area contributed by atoms with Gasteiger partial charge in [0.05, 0.1) is 11.6 Å². The number of alkyl halides is 3. The summed E-state index contributed by atoms with van der Waals surface area (Å²) >= 11 is 0. The van der Waals surface area contributed by atoms with Gasteiger partial charge in [0.25, 0.3) is 0 Å². The van der Waals surface area contributed by atoms with Crippen LogP contribution in [-0.4, -0.2) is 39.9 Å². The summed E-state index contributed by atoms with van der Waals surface area (Å²) in [6.45, 7) is 4.47. The van der Waals surface area contributed by atoms with E-state index in [4.69, 9.17) is 4.52 Å². The van der Waals surface area contributed by atoms with Crippen LogP contribution in [0.15, 0.2) is 28.8 Å². The van der Waals surface area contributed by atoms with Crippen LogP contribution in [-0.2, 0) is 22.2 Å². The summed E-state index contributed by atoms with van der Waals surface area (Å²) in [5.41, 5.74) is -0.508. The topological polar surface area (TPSA) is 88.3 Å². The Morgan fingerprint density at radius 2 is 2.10 bits per heavy atom. The number of carbonyl (C=O) groups excluding carboxylic acids is 2. The number of rotatable bonds is 8. The molecule has 2 amide bonds. The molecular formula is C21H25F3N4O3. The number of hydrogen-bond donors (Lipinski definition) is 1. The van der Waals surface area contributed by atoms with Crippen LogP contribution in [0.5, 0.6) is 0 Å². The first kappa shape index (κ1) is 22.8. The third-order valence-corrected chi connectivity index (χ3v) is 5.09. The Kier molecular flexibility index (Phi) is 6.97. The first-order valence-electron chi connectivity index (χ1n) is 10.2. The summed E-state index contributed by atoms with van der Waals surface area (Å²) in [6, 6.07) is 4.05. The van der Waals surface area contributed by atoms with Crippen LogP contribution in [0, 0.1) is 0 Å². The van der Waals surface area contributed by atoms with Crippen molar-refractivity contribution >= 4 is 11.8 Å². The van der Waals surface area contributed by atoms with Gasteiger partial charge in [0, 0.05) is 38.3 Å². The number of likely N-dealkylation sites (tertiary alicyclic amines) is 1. The van der Waals surface area contributed by atoms with Gasteiger partial charge in [-0.15, -0.1) is 0 Å². The Morgan fingerprint density at radius 1 is 1.32 bits per heavy atom. The molecule has 10 heteroatoms. The monoisotopic (exact) mass is 438 g/mol. The van der Waals surface area contributed by atoms with Gasteiger partial charge in [-0.25, -0.2) is 0 Å². The number of benzene rings is 1. The van der Waals surface area contributed by atoms with Gasteiger partial charge in [-0.3, -0.25) is 9.59 Å². The SMILES string of the molecule is CC(C)c1noc(CCC(=O)N[C@@H](CN2CCCC2=O)c2cccc(C(F)(F)F)c2)n1. The van der Waals surface area contributed by atoms with Crippen LogP contribution in [0.2, 0.25) is 0 Å². The lowest BCUT2D eigenvalue weighted by Crippen LogP contribution is -2.38. The summed E-state index contributed by atoms with van der Waals surface area (Å²) < 4.78 is 44.6. The van der Waals surface area contributed by atoms with Crippen LogP contribution >= 0.6 is 0 Å². The minimum absolute atomic E-state index is 0.0309.